The topological polar surface area (TPSA) is 45.2 Å². The predicted molar refractivity (Wildman–Crippen MR) is 86.1 cm³/mol. The van der Waals surface area contributed by atoms with Gasteiger partial charge in [-0.2, -0.15) is 15.0 Å². The zero-order valence-electron chi connectivity index (χ0n) is 12.9. The Morgan fingerprint density at radius 3 is 1.52 bits per heavy atom. The Hall–Kier alpha value is -1.10. The quantitative estimate of drug-likeness (QED) is 0.840. The molecule has 21 heavy (non-hydrogen) atoms. The second-order valence-corrected chi connectivity index (χ2v) is 6.88. The van der Waals surface area contributed by atoms with E-state index in [4.69, 9.17) is 11.6 Å². The number of hydrogen-bond donors (Lipinski definition) is 0. The van der Waals surface area contributed by atoms with Crippen molar-refractivity contribution in [3.63, 3.8) is 0 Å². The van der Waals surface area contributed by atoms with E-state index < -0.39 is 0 Å². The lowest BCUT2D eigenvalue weighted by Crippen LogP contribution is -2.37. The molecule has 1 aromatic rings. The zero-order valence-corrected chi connectivity index (χ0v) is 13.7. The lowest BCUT2D eigenvalue weighted by Gasteiger charge is -2.32. The van der Waals surface area contributed by atoms with Crippen LogP contribution in [0.4, 0.5) is 11.9 Å². The molecule has 0 unspecified atom stereocenters. The normalized spacial score (nSPS) is 21.9. The lowest BCUT2D eigenvalue weighted by atomic mass is 9.99. The van der Waals surface area contributed by atoms with Crippen molar-refractivity contribution in [2.24, 2.45) is 11.8 Å². The highest BCUT2D eigenvalue weighted by atomic mass is 35.5. The van der Waals surface area contributed by atoms with E-state index in [0.29, 0.717) is 5.28 Å². The number of rotatable bonds is 2. The monoisotopic (exact) mass is 309 g/mol. The molecule has 0 atom stereocenters. The summed E-state index contributed by atoms with van der Waals surface area (Å²) in [6.45, 7) is 8.65. The first-order chi connectivity index (χ1) is 10.1. The van der Waals surface area contributed by atoms with Crippen LogP contribution in [0.15, 0.2) is 0 Å². The molecule has 0 bridgehead atoms. The number of halogens is 1. The van der Waals surface area contributed by atoms with Gasteiger partial charge in [-0.25, -0.2) is 0 Å². The molecule has 3 rings (SSSR count). The first kappa shape index (κ1) is 14.8. The van der Waals surface area contributed by atoms with Gasteiger partial charge in [-0.1, -0.05) is 13.8 Å². The van der Waals surface area contributed by atoms with E-state index in [9.17, 15) is 0 Å². The van der Waals surface area contributed by atoms with Crippen molar-refractivity contribution in [2.45, 2.75) is 39.5 Å². The maximum absolute atomic E-state index is 6.13. The van der Waals surface area contributed by atoms with Crippen LogP contribution in [0, 0.1) is 11.8 Å². The van der Waals surface area contributed by atoms with Gasteiger partial charge in [-0.3, -0.25) is 0 Å². The van der Waals surface area contributed by atoms with Crippen molar-refractivity contribution in [2.75, 3.05) is 36.0 Å². The summed E-state index contributed by atoms with van der Waals surface area (Å²) in [5.74, 6) is 3.08. The number of anilines is 2. The van der Waals surface area contributed by atoms with Crippen molar-refractivity contribution in [1.82, 2.24) is 15.0 Å². The maximum atomic E-state index is 6.13. The fourth-order valence-electron chi connectivity index (χ4n) is 3.03. The molecular weight excluding hydrogens is 286 g/mol. The minimum absolute atomic E-state index is 0.312. The Balaban J connectivity index is 1.76. The summed E-state index contributed by atoms with van der Waals surface area (Å²) in [7, 11) is 0. The van der Waals surface area contributed by atoms with Crippen molar-refractivity contribution >= 4 is 23.5 Å². The number of hydrogen-bond acceptors (Lipinski definition) is 5. The Labute approximate surface area is 131 Å². The van der Waals surface area contributed by atoms with Crippen LogP contribution in [0.5, 0.6) is 0 Å². The van der Waals surface area contributed by atoms with E-state index in [0.717, 1.165) is 49.9 Å². The van der Waals surface area contributed by atoms with Crippen LogP contribution >= 0.6 is 11.6 Å². The molecular formula is C15H24ClN5. The maximum Gasteiger partial charge on any atom is 0.231 e. The van der Waals surface area contributed by atoms with Crippen LogP contribution in [0.25, 0.3) is 0 Å². The Kier molecular flexibility index (Phi) is 4.48. The van der Waals surface area contributed by atoms with Crippen LogP contribution in [0.3, 0.4) is 0 Å². The number of aromatic nitrogens is 3. The Morgan fingerprint density at radius 1 is 0.762 bits per heavy atom. The van der Waals surface area contributed by atoms with Gasteiger partial charge in [0.05, 0.1) is 0 Å². The van der Waals surface area contributed by atoms with Crippen LogP contribution < -0.4 is 9.80 Å². The third kappa shape index (κ3) is 3.57. The molecule has 2 aliphatic rings. The first-order valence-electron chi connectivity index (χ1n) is 8.03. The molecule has 0 N–H and O–H groups in total. The average molecular weight is 310 g/mol. The van der Waals surface area contributed by atoms with E-state index in [1.54, 1.807) is 0 Å². The third-order valence-electron chi connectivity index (χ3n) is 4.72. The lowest BCUT2D eigenvalue weighted by molar-refractivity contribution is 0.429. The van der Waals surface area contributed by atoms with Crippen LogP contribution in [0.1, 0.15) is 39.5 Å². The highest BCUT2D eigenvalue weighted by Crippen LogP contribution is 2.25. The summed E-state index contributed by atoms with van der Waals surface area (Å²) in [6.07, 6.45) is 4.78. The summed E-state index contributed by atoms with van der Waals surface area (Å²) in [5.41, 5.74) is 0. The van der Waals surface area contributed by atoms with Gasteiger partial charge in [-0.05, 0) is 49.1 Å². The molecule has 0 aromatic carbocycles. The minimum Gasteiger partial charge on any atom is -0.341 e. The van der Waals surface area contributed by atoms with Gasteiger partial charge in [0.25, 0.3) is 0 Å². The summed E-state index contributed by atoms with van der Waals surface area (Å²) in [4.78, 5) is 17.8. The van der Waals surface area contributed by atoms with E-state index in [-0.39, 0.29) is 0 Å². The van der Waals surface area contributed by atoms with E-state index in [1.165, 1.54) is 25.7 Å². The van der Waals surface area contributed by atoms with Crippen LogP contribution in [-0.4, -0.2) is 41.1 Å². The summed E-state index contributed by atoms with van der Waals surface area (Å²) >= 11 is 6.13. The molecule has 6 heteroatoms. The smallest absolute Gasteiger partial charge is 0.231 e. The van der Waals surface area contributed by atoms with E-state index in [2.05, 4.69) is 38.6 Å². The van der Waals surface area contributed by atoms with Gasteiger partial charge in [-0.15, -0.1) is 0 Å². The fraction of sp³-hybridized carbons (Fsp3) is 0.800. The van der Waals surface area contributed by atoms with E-state index >= 15 is 0 Å². The summed E-state index contributed by atoms with van der Waals surface area (Å²) in [6, 6.07) is 0. The Morgan fingerprint density at radius 2 is 1.14 bits per heavy atom. The van der Waals surface area contributed by atoms with Crippen molar-refractivity contribution in [3.8, 4) is 0 Å². The first-order valence-corrected chi connectivity index (χ1v) is 8.41. The number of piperidine rings is 2. The van der Waals surface area contributed by atoms with Crippen LogP contribution in [0.2, 0.25) is 5.28 Å². The predicted octanol–water partition coefficient (Wildman–Crippen LogP) is 3.00. The molecule has 0 amide bonds. The molecule has 2 saturated heterocycles. The van der Waals surface area contributed by atoms with Gasteiger partial charge in [0.15, 0.2) is 0 Å². The zero-order chi connectivity index (χ0) is 14.8. The van der Waals surface area contributed by atoms with Gasteiger partial charge >= 0.3 is 0 Å². The molecule has 3 heterocycles. The summed E-state index contributed by atoms with van der Waals surface area (Å²) < 4.78 is 0. The molecule has 5 nitrogen and oxygen atoms in total. The van der Waals surface area contributed by atoms with Gasteiger partial charge in [0.1, 0.15) is 0 Å². The molecule has 2 fully saturated rings. The largest absolute Gasteiger partial charge is 0.341 e. The second-order valence-electron chi connectivity index (χ2n) is 6.54. The van der Waals surface area contributed by atoms with Gasteiger partial charge in [0, 0.05) is 26.2 Å². The number of nitrogens with zero attached hydrogens (tertiary/aromatic N) is 5. The van der Waals surface area contributed by atoms with Gasteiger partial charge < -0.3 is 9.80 Å². The third-order valence-corrected chi connectivity index (χ3v) is 4.89. The Bertz CT molecular complexity index is 439. The molecule has 116 valence electrons. The highest BCUT2D eigenvalue weighted by molar-refractivity contribution is 6.28. The molecule has 1 aromatic heterocycles. The SMILES string of the molecule is CC1CCN(c2nc(Cl)nc(N3CCC(C)CC3)n2)CC1. The molecule has 0 radical (unpaired) electrons. The van der Waals surface area contributed by atoms with Crippen molar-refractivity contribution in [1.29, 1.82) is 0 Å². The van der Waals surface area contributed by atoms with Crippen molar-refractivity contribution in [3.05, 3.63) is 5.28 Å². The van der Waals surface area contributed by atoms with E-state index in [1.807, 2.05) is 0 Å². The summed E-state index contributed by atoms with van der Waals surface area (Å²) in [5, 5.41) is 0.312. The highest BCUT2D eigenvalue weighted by Gasteiger charge is 2.22. The molecule has 2 aliphatic heterocycles. The molecule has 0 aliphatic carbocycles. The minimum atomic E-state index is 0.312. The molecule has 0 spiro atoms. The second kappa shape index (κ2) is 6.34. The van der Waals surface area contributed by atoms with Gasteiger partial charge in [0.2, 0.25) is 17.2 Å². The molecule has 0 saturated carbocycles. The standard InChI is InChI=1S/C15H24ClN5/c1-11-3-7-20(8-4-11)14-17-13(16)18-15(19-14)21-9-5-12(2)6-10-21/h11-12H,3-10H2,1-2H3. The fourth-order valence-corrected chi connectivity index (χ4v) is 3.18. The van der Waals surface area contributed by atoms with Crippen LogP contribution in [-0.2, 0) is 0 Å². The average Bonchev–Trinajstić information content (AvgIpc) is 2.48. The van der Waals surface area contributed by atoms with Crippen molar-refractivity contribution < 1.29 is 0 Å².